The van der Waals surface area contributed by atoms with Crippen LogP contribution in [0.4, 0.5) is 29.3 Å². The highest BCUT2D eigenvalue weighted by Gasteiger charge is 2.37. The molecule has 4 amide bonds. The topological polar surface area (TPSA) is 119 Å². The number of nitro groups is 1. The first-order valence-electron chi connectivity index (χ1n) is 11.0. The van der Waals surface area contributed by atoms with Gasteiger partial charge in [0.1, 0.15) is 11.3 Å². The molecule has 0 atom stereocenters. The standard InChI is InChI=1S/C26H18F3N3O6/c1-14-7-9-18(11-15(14)2)31-24(34)19(23(33)30-25(31)35)12-16-5-3-4-6-21(16)38-22-10-8-17(26(27,28)29)13-20(22)32(36)37/h3-13H,1-2H3,(H,30,33,35)/b19-12+. The zero-order valence-electron chi connectivity index (χ0n) is 19.8. The molecule has 0 unspecified atom stereocenters. The van der Waals surface area contributed by atoms with Crippen LogP contribution in [-0.4, -0.2) is 22.8 Å². The zero-order valence-corrected chi connectivity index (χ0v) is 19.8. The number of benzene rings is 3. The second kappa shape index (κ2) is 9.81. The van der Waals surface area contributed by atoms with Crippen molar-refractivity contribution in [1.82, 2.24) is 5.32 Å². The number of barbiturate groups is 1. The molecule has 1 heterocycles. The number of nitrogens with zero attached hydrogens (tertiary/aromatic N) is 2. The number of imide groups is 2. The Bertz CT molecular complexity index is 1530. The number of amides is 4. The maximum Gasteiger partial charge on any atom is 0.416 e. The highest BCUT2D eigenvalue weighted by Crippen LogP contribution is 2.39. The quantitative estimate of drug-likeness (QED) is 0.198. The summed E-state index contributed by atoms with van der Waals surface area (Å²) in [7, 11) is 0. The Kier molecular flexibility index (Phi) is 6.73. The molecular weight excluding hydrogens is 507 g/mol. The van der Waals surface area contributed by atoms with Gasteiger partial charge in [-0.1, -0.05) is 24.3 Å². The Morgan fingerprint density at radius 1 is 0.947 bits per heavy atom. The van der Waals surface area contributed by atoms with E-state index in [4.69, 9.17) is 4.74 Å². The van der Waals surface area contributed by atoms with Crippen LogP contribution in [0, 0.1) is 24.0 Å². The summed E-state index contributed by atoms with van der Waals surface area (Å²) >= 11 is 0. The first-order chi connectivity index (χ1) is 17.9. The Balaban J connectivity index is 1.73. The van der Waals surface area contributed by atoms with Crippen LogP contribution in [0.2, 0.25) is 0 Å². The van der Waals surface area contributed by atoms with Crippen molar-refractivity contribution < 1.29 is 37.2 Å². The minimum Gasteiger partial charge on any atom is -0.449 e. The van der Waals surface area contributed by atoms with Gasteiger partial charge in [0, 0.05) is 11.6 Å². The van der Waals surface area contributed by atoms with E-state index in [1.807, 2.05) is 6.92 Å². The first-order valence-corrected chi connectivity index (χ1v) is 11.0. The van der Waals surface area contributed by atoms with E-state index in [0.717, 1.165) is 28.2 Å². The Morgan fingerprint density at radius 2 is 1.66 bits per heavy atom. The summed E-state index contributed by atoms with van der Waals surface area (Å²) in [5, 5.41) is 13.5. The van der Waals surface area contributed by atoms with E-state index in [9.17, 15) is 37.7 Å². The molecule has 3 aromatic rings. The summed E-state index contributed by atoms with van der Waals surface area (Å²) < 4.78 is 44.7. The van der Waals surface area contributed by atoms with Crippen LogP contribution in [0.15, 0.2) is 66.2 Å². The van der Waals surface area contributed by atoms with Crippen molar-refractivity contribution in [2.24, 2.45) is 0 Å². The molecule has 1 N–H and O–H groups in total. The van der Waals surface area contributed by atoms with Gasteiger partial charge >= 0.3 is 17.9 Å². The normalized spacial score (nSPS) is 15.0. The lowest BCUT2D eigenvalue weighted by atomic mass is 10.0. The summed E-state index contributed by atoms with van der Waals surface area (Å²) in [6.45, 7) is 3.64. The number of anilines is 1. The number of hydrogen-bond acceptors (Lipinski definition) is 6. The van der Waals surface area contributed by atoms with Crippen molar-refractivity contribution in [1.29, 1.82) is 0 Å². The summed E-state index contributed by atoms with van der Waals surface area (Å²) in [4.78, 5) is 49.5. The van der Waals surface area contributed by atoms with Gasteiger partial charge in [-0.3, -0.25) is 25.0 Å². The number of nitrogens with one attached hydrogen (secondary N) is 1. The molecule has 0 bridgehead atoms. The summed E-state index contributed by atoms with van der Waals surface area (Å²) in [6, 6.07) is 11.5. The second-order valence-electron chi connectivity index (χ2n) is 8.30. The van der Waals surface area contributed by atoms with Crippen LogP contribution >= 0.6 is 0 Å². The summed E-state index contributed by atoms with van der Waals surface area (Å²) in [5.74, 6) is -2.47. The molecule has 3 aromatic carbocycles. The number of para-hydroxylation sites is 1. The van der Waals surface area contributed by atoms with Gasteiger partial charge in [0.05, 0.1) is 16.2 Å². The molecule has 0 radical (unpaired) electrons. The molecule has 0 aromatic heterocycles. The first kappa shape index (κ1) is 26.1. The molecule has 1 fully saturated rings. The Hall–Kier alpha value is -5.00. The SMILES string of the molecule is Cc1ccc(N2C(=O)NC(=O)/C(=C\c3ccccc3Oc3ccc(C(F)(F)F)cc3[N+](=O)[O-])C2=O)cc1C. The van der Waals surface area contributed by atoms with Crippen LogP contribution in [0.5, 0.6) is 11.5 Å². The highest BCUT2D eigenvalue weighted by atomic mass is 19.4. The number of hydrogen-bond donors (Lipinski definition) is 1. The Labute approximate surface area is 213 Å². The van der Waals surface area contributed by atoms with Gasteiger partial charge in [-0.15, -0.1) is 0 Å². The maximum absolute atomic E-state index is 13.2. The number of carbonyl (C=O) groups is 3. The third-order valence-corrected chi connectivity index (χ3v) is 5.77. The third-order valence-electron chi connectivity index (χ3n) is 5.77. The number of nitro benzene ring substituents is 1. The predicted octanol–water partition coefficient (Wildman–Crippen LogP) is 5.69. The predicted molar refractivity (Wildman–Crippen MR) is 130 cm³/mol. The van der Waals surface area contributed by atoms with Gasteiger partial charge in [0.2, 0.25) is 5.75 Å². The van der Waals surface area contributed by atoms with Crippen LogP contribution in [0.25, 0.3) is 6.08 Å². The highest BCUT2D eigenvalue weighted by molar-refractivity contribution is 6.39. The number of rotatable bonds is 5. The van der Waals surface area contributed by atoms with Crippen LogP contribution in [-0.2, 0) is 15.8 Å². The van der Waals surface area contributed by atoms with Gasteiger partial charge in [0.25, 0.3) is 11.8 Å². The van der Waals surface area contributed by atoms with E-state index in [0.29, 0.717) is 12.1 Å². The minimum absolute atomic E-state index is 0.0851. The van der Waals surface area contributed by atoms with Crippen LogP contribution in [0.1, 0.15) is 22.3 Å². The van der Waals surface area contributed by atoms with Crippen molar-refractivity contribution in [2.45, 2.75) is 20.0 Å². The molecule has 4 rings (SSSR count). The van der Waals surface area contributed by atoms with Gasteiger partial charge in [-0.05, 0) is 61.4 Å². The second-order valence-corrected chi connectivity index (χ2v) is 8.30. The van der Waals surface area contributed by atoms with Gasteiger partial charge in [-0.2, -0.15) is 13.2 Å². The monoisotopic (exact) mass is 525 g/mol. The maximum atomic E-state index is 13.2. The van der Waals surface area contributed by atoms with E-state index in [1.54, 1.807) is 25.1 Å². The largest absolute Gasteiger partial charge is 0.449 e. The molecule has 0 aliphatic carbocycles. The molecule has 9 nitrogen and oxygen atoms in total. The van der Waals surface area contributed by atoms with E-state index < -0.39 is 51.5 Å². The molecule has 1 aliphatic heterocycles. The Morgan fingerprint density at radius 3 is 2.32 bits per heavy atom. The summed E-state index contributed by atoms with van der Waals surface area (Å²) in [6.07, 6.45) is -3.68. The average Bonchev–Trinajstić information content (AvgIpc) is 2.84. The average molecular weight is 525 g/mol. The van der Waals surface area contributed by atoms with Crippen LogP contribution in [0.3, 0.4) is 0 Å². The molecule has 0 saturated carbocycles. The number of ether oxygens (including phenoxy) is 1. The fourth-order valence-electron chi connectivity index (χ4n) is 3.65. The number of urea groups is 1. The van der Waals surface area contributed by atoms with Crippen LogP contribution < -0.4 is 15.0 Å². The lowest BCUT2D eigenvalue weighted by Crippen LogP contribution is -2.54. The molecule has 38 heavy (non-hydrogen) atoms. The molecule has 12 heteroatoms. The smallest absolute Gasteiger partial charge is 0.416 e. The lowest BCUT2D eigenvalue weighted by molar-refractivity contribution is -0.385. The summed E-state index contributed by atoms with van der Waals surface area (Å²) in [5.41, 5.74) is -0.515. The zero-order chi connectivity index (χ0) is 27.8. The molecule has 194 valence electrons. The molecular formula is C26H18F3N3O6. The van der Waals surface area contributed by atoms with Crippen molar-refractivity contribution in [3.8, 4) is 11.5 Å². The van der Waals surface area contributed by atoms with Crippen molar-refractivity contribution in [2.75, 3.05) is 4.90 Å². The number of halogens is 3. The van der Waals surface area contributed by atoms with Gasteiger partial charge < -0.3 is 4.74 Å². The molecule has 0 spiro atoms. The number of carbonyl (C=O) groups excluding carboxylic acids is 3. The van der Waals surface area contributed by atoms with E-state index in [2.05, 4.69) is 5.32 Å². The number of aryl methyl sites for hydroxylation is 2. The lowest BCUT2D eigenvalue weighted by Gasteiger charge is -2.27. The van der Waals surface area contributed by atoms with Gasteiger partial charge in [0.15, 0.2) is 0 Å². The molecule has 1 aliphatic rings. The van der Waals surface area contributed by atoms with Gasteiger partial charge in [-0.25, -0.2) is 9.69 Å². The van der Waals surface area contributed by atoms with E-state index in [-0.39, 0.29) is 17.0 Å². The third kappa shape index (κ3) is 5.09. The fraction of sp³-hybridized carbons (Fsp3) is 0.115. The van der Waals surface area contributed by atoms with E-state index >= 15 is 0 Å². The fourth-order valence-corrected chi connectivity index (χ4v) is 3.65. The van der Waals surface area contributed by atoms with E-state index in [1.165, 1.54) is 24.3 Å². The van der Waals surface area contributed by atoms with Crippen molar-refractivity contribution in [3.63, 3.8) is 0 Å². The number of alkyl halides is 3. The van der Waals surface area contributed by atoms with Crippen molar-refractivity contribution >= 4 is 35.3 Å². The van der Waals surface area contributed by atoms with Crippen molar-refractivity contribution in [3.05, 3.63) is 98.6 Å². The molecule has 1 saturated heterocycles. The minimum atomic E-state index is -4.81.